The van der Waals surface area contributed by atoms with Gasteiger partial charge in [0.15, 0.2) is 5.78 Å². The minimum absolute atomic E-state index is 0.0255. The second-order valence-corrected chi connectivity index (χ2v) is 10.4. The fourth-order valence-corrected chi connectivity index (χ4v) is 3.68. The number of hydrazone groups is 1. The lowest BCUT2D eigenvalue weighted by Crippen LogP contribution is -2.43. The monoisotopic (exact) mass is 680 g/mol. The van der Waals surface area contributed by atoms with E-state index in [4.69, 9.17) is 20.1 Å². The van der Waals surface area contributed by atoms with E-state index in [1.165, 1.54) is 25.3 Å². The maximum atomic E-state index is 12.0. The van der Waals surface area contributed by atoms with Crippen molar-refractivity contribution in [2.24, 2.45) is 15.9 Å². The first-order valence-corrected chi connectivity index (χ1v) is 15.7. The summed E-state index contributed by atoms with van der Waals surface area (Å²) in [7, 11) is 0. The topological polar surface area (TPSA) is 249 Å². The Morgan fingerprint density at radius 1 is 0.771 bits per heavy atom. The highest BCUT2D eigenvalue weighted by Crippen LogP contribution is 2.07. The maximum Gasteiger partial charge on any atom is 0.253 e. The van der Waals surface area contributed by atoms with E-state index in [9.17, 15) is 33.6 Å². The number of ether oxygens (including phenoxy) is 3. The quantitative estimate of drug-likeness (QED) is 0.0204. The van der Waals surface area contributed by atoms with E-state index in [1.807, 2.05) is 0 Å². The van der Waals surface area contributed by atoms with Gasteiger partial charge in [0.2, 0.25) is 23.6 Å². The fraction of sp³-hybridized carbons (Fsp3) is 0.633. The molecule has 1 aliphatic heterocycles. The zero-order valence-electron chi connectivity index (χ0n) is 27.6. The average Bonchev–Trinajstić information content (AvgIpc) is 3.38. The molecule has 1 atom stereocenters. The Kier molecular flexibility index (Phi) is 22.1. The molecule has 0 saturated carbocycles. The third-order valence-electron chi connectivity index (χ3n) is 6.52. The molecule has 1 heterocycles. The Balaban J connectivity index is 1.96. The summed E-state index contributed by atoms with van der Waals surface area (Å²) in [6, 6.07) is -0.603. The van der Waals surface area contributed by atoms with Gasteiger partial charge in [-0.1, -0.05) is 6.42 Å². The van der Waals surface area contributed by atoms with Crippen LogP contribution in [-0.4, -0.2) is 136 Å². The number of ketones is 1. The molecule has 0 aromatic heterocycles. The molecule has 0 saturated heterocycles. The predicted octanol–water partition coefficient (Wildman–Crippen LogP) is -2.26. The summed E-state index contributed by atoms with van der Waals surface area (Å²) >= 11 is 0. The van der Waals surface area contributed by atoms with Gasteiger partial charge < -0.3 is 41.3 Å². The van der Waals surface area contributed by atoms with Crippen molar-refractivity contribution in [1.29, 1.82) is 0 Å². The Morgan fingerprint density at radius 3 is 1.96 bits per heavy atom. The zero-order chi connectivity index (χ0) is 35.6. The molecule has 268 valence electrons. The average molecular weight is 681 g/mol. The first-order valence-electron chi connectivity index (χ1n) is 15.7. The molecule has 0 unspecified atom stereocenters. The number of nitrogens with zero attached hydrogens (tertiary/aromatic N) is 3. The van der Waals surface area contributed by atoms with Gasteiger partial charge in [0.1, 0.15) is 0 Å². The van der Waals surface area contributed by atoms with E-state index in [0.29, 0.717) is 64.5 Å². The fourth-order valence-electron chi connectivity index (χ4n) is 3.68. The molecule has 48 heavy (non-hydrogen) atoms. The number of imide groups is 1. The van der Waals surface area contributed by atoms with Crippen molar-refractivity contribution in [1.82, 2.24) is 26.2 Å². The van der Waals surface area contributed by atoms with Crippen LogP contribution in [0.5, 0.6) is 0 Å². The molecule has 0 fully saturated rings. The van der Waals surface area contributed by atoms with Crippen molar-refractivity contribution in [3.8, 4) is 0 Å². The highest BCUT2D eigenvalue weighted by molar-refractivity contribution is 6.31. The van der Waals surface area contributed by atoms with Gasteiger partial charge >= 0.3 is 0 Å². The molecule has 1 aliphatic rings. The van der Waals surface area contributed by atoms with Crippen molar-refractivity contribution in [2.45, 2.75) is 52.0 Å². The van der Waals surface area contributed by atoms with Gasteiger partial charge in [-0.05, 0) is 26.7 Å². The van der Waals surface area contributed by atoms with Gasteiger partial charge in [-0.15, -0.1) is 0 Å². The van der Waals surface area contributed by atoms with Crippen LogP contribution in [0.4, 0.5) is 0 Å². The van der Waals surface area contributed by atoms with Crippen molar-refractivity contribution >= 4 is 53.2 Å². The number of amides is 6. The lowest BCUT2D eigenvalue weighted by molar-refractivity contribution is -0.137. The Labute approximate surface area is 279 Å². The lowest BCUT2D eigenvalue weighted by atomic mass is 10.2. The van der Waals surface area contributed by atoms with Crippen molar-refractivity contribution < 1.29 is 47.8 Å². The van der Waals surface area contributed by atoms with Crippen molar-refractivity contribution in [3.05, 3.63) is 12.2 Å². The van der Waals surface area contributed by atoms with Crippen LogP contribution in [0.15, 0.2) is 22.2 Å². The molecule has 18 nitrogen and oxygen atoms in total. The molecule has 0 aliphatic carbocycles. The van der Waals surface area contributed by atoms with E-state index in [2.05, 4.69) is 31.4 Å². The standard InChI is InChI=1S/C30H48N8O10/c1-22(23(2)39)36-28(43)21-35-26(41)9-12-46-14-16-48-17-15-47-13-10-32-18-24(37-31)19-33-27(42)20-34-25(40)6-4-3-5-11-38-29(44)7-8-30(38)45/h7-8,18,22H,3-6,9-17,19-21,31H2,1-2H3,(H,33,42)(H,34,40)(H,35,41)(H,36,43)/t22-/m0/s1. The second-order valence-electron chi connectivity index (χ2n) is 10.4. The third kappa shape index (κ3) is 20.5. The minimum Gasteiger partial charge on any atom is -0.379 e. The van der Waals surface area contributed by atoms with Gasteiger partial charge in [0.25, 0.3) is 11.8 Å². The maximum absolute atomic E-state index is 12.0. The molecule has 0 bridgehead atoms. The summed E-state index contributed by atoms with van der Waals surface area (Å²) < 4.78 is 16.1. The Morgan fingerprint density at radius 2 is 1.33 bits per heavy atom. The third-order valence-corrected chi connectivity index (χ3v) is 6.52. The molecule has 0 aromatic rings. The first kappa shape index (κ1) is 41.5. The summed E-state index contributed by atoms with van der Waals surface area (Å²) in [5, 5.41) is 13.6. The van der Waals surface area contributed by atoms with Gasteiger partial charge in [0, 0.05) is 37.8 Å². The van der Waals surface area contributed by atoms with Gasteiger partial charge in [-0.2, -0.15) is 5.10 Å². The van der Waals surface area contributed by atoms with E-state index >= 15 is 0 Å². The van der Waals surface area contributed by atoms with Crippen LogP contribution in [0.1, 0.15) is 46.0 Å². The number of rotatable bonds is 27. The molecular weight excluding hydrogens is 632 g/mol. The summed E-state index contributed by atoms with van der Waals surface area (Å²) in [6.45, 7) is 4.92. The van der Waals surface area contributed by atoms with Crippen LogP contribution < -0.4 is 27.1 Å². The smallest absolute Gasteiger partial charge is 0.253 e. The summed E-state index contributed by atoms with van der Waals surface area (Å²) in [5.74, 6) is 3.03. The largest absolute Gasteiger partial charge is 0.379 e. The predicted molar refractivity (Wildman–Crippen MR) is 174 cm³/mol. The summed E-state index contributed by atoms with van der Waals surface area (Å²) in [4.78, 5) is 86.8. The van der Waals surface area contributed by atoms with Crippen LogP contribution in [0.2, 0.25) is 0 Å². The number of Topliss-reactive ketones (excluding diaryl/α,β-unsaturated/α-hetero) is 1. The summed E-state index contributed by atoms with van der Waals surface area (Å²) in [6.07, 6.45) is 5.99. The number of carbonyl (C=O) groups is 7. The molecular formula is C30H48N8O10. The first-order chi connectivity index (χ1) is 23.0. The number of nitrogens with one attached hydrogen (secondary N) is 4. The molecule has 6 amide bonds. The summed E-state index contributed by atoms with van der Waals surface area (Å²) in [5.41, 5.74) is 0.324. The molecule has 18 heteroatoms. The number of aliphatic imine (C=N–C) groups is 1. The normalized spacial score (nSPS) is 13.5. The lowest BCUT2D eigenvalue weighted by Gasteiger charge is -2.13. The Hall–Kier alpha value is -4.55. The second kappa shape index (κ2) is 25.5. The number of unbranched alkanes of at least 4 members (excludes halogenated alkanes) is 2. The van der Waals surface area contributed by atoms with Gasteiger partial charge in [0.05, 0.1) is 77.6 Å². The van der Waals surface area contributed by atoms with Crippen LogP contribution in [-0.2, 0) is 47.8 Å². The zero-order valence-corrected chi connectivity index (χ0v) is 27.6. The molecule has 0 radical (unpaired) electrons. The number of hydrogen-bond acceptors (Lipinski definition) is 13. The number of carbonyl (C=O) groups excluding carboxylic acids is 7. The van der Waals surface area contributed by atoms with Gasteiger partial charge in [-0.25, -0.2) is 0 Å². The molecule has 0 aromatic carbocycles. The molecule has 6 N–H and O–H groups in total. The minimum atomic E-state index is -0.603. The van der Waals surface area contributed by atoms with E-state index in [-0.39, 0.29) is 75.1 Å². The molecule has 1 rings (SSSR count). The highest BCUT2D eigenvalue weighted by atomic mass is 16.5. The van der Waals surface area contributed by atoms with Crippen LogP contribution in [0.25, 0.3) is 0 Å². The van der Waals surface area contributed by atoms with Crippen LogP contribution in [0, 0.1) is 0 Å². The number of hydrogen-bond donors (Lipinski definition) is 5. The van der Waals surface area contributed by atoms with Crippen LogP contribution in [0.3, 0.4) is 0 Å². The van der Waals surface area contributed by atoms with E-state index < -0.39 is 17.9 Å². The SMILES string of the molecule is CC(=O)[C@H](C)NC(=O)CNC(=O)CCOCCOCCOCCN=CC(CNC(=O)CNC(=O)CCCCCN1C(=O)C=CC1=O)=NN. The van der Waals surface area contributed by atoms with Crippen molar-refractivity contribution in [3.63, 3.8) is 0 Å². The van der Waals surface area contributed by atoms with Crippen molar-refractivity contribution in [2.75, 3.05) is 72.4 Å². The van der Waals surface area contributed by atoms with Crippen LogP contribution >= 0.6 is 0 Å². The number of nitrogens with two attached hydrogens (primary N) is 1. The van der Waals surface area contributed by atoms with E-state index in [0.717, 1.165) is 4.90 Å². The highest BCUT2D eigenvalue weighted by Gasteiger charge is 2.22. The van der Waals surface area contributed by atoms with Gasteiger partial charge in [-0.3, -0.25) is 43.5 Å². The Bertz CT molecular complexity index is 1160. The molecule has 0 spiro atoms. The van der Waals surface area contributed by atoms with E-state index in [1.54, 1.807) is 6.92 Å².